The van der Waals surface area contributed by atoms with Gasteiger partial charge >= 0.3 is 0 Å². The number of anilines is 1. The fourth-order valence-electron chi connectivity index (χ4n) is 1.80. The van der Waals surface area contributed by atoms with E-state index in [-0.39, 0.29) is 0 Å². The van der Waals surface area contributed by atoms with Crippen LogP contribution in [0.4, 0.5) is 5.69 Å². The van der Waals surface area contributed by atoms with Gasteiger partial charge in [-0.15, -0.1) is 0 Å². The summed E-state index contributed by atoms with van der Waals surface area (Å²) >= 11 is 6.14. The molecule has 0 radical (unpaired) electrons. The molecule has 0 aromatic heterocycles. The van der Waals surface area contributed by atoms with Crippen LogP contribution in [-0.4, -0.2) is 13.6 Å². The van der Waals surface area contributed by atoms with Crippen molar-refractivity contribution in [3.05, 3.63) is 28.8 Å². The molecule has 0 bridgehead atoms. The fraction of sp³-hybridized carbons (Fsp3) is 0.538. The molecular weight excluding hydrogens is 220 g/mol. The molecule has 2 N–H and O–H groups in total. The summed E-state index contributed by atoms with van der Waals surface area (Å²) in [6, 6.07) is 5.95. The molecule has 0 amide bonds. The van der Waals surface area contributed by atoms with Crippen molar-refractivity contribution < 1.29 is 0 Å². The summed E-state index contributed by atoms with van der Waals surface area (Å²) < 4.78 is 0. The van der Waals surface area contributed by atoms with Crippen LogP contribution >= 0.6 is 11.6 Å². The number of nitrogens with two attached hydrogens (primary N) is 1. The summed E-state index contributed by atoms with van der Waals surface area (Å²) in [5.74, 6) is 0.676. The Labute approximate surface area is 103 Å². The Balaban J connectivity index is 2.90. The Hall–Kier alpha value is -0.730. The van der Waals surface area contributed by atoms with E-state index in [9.17, 15) is 0 Å². The van der Waals surface area contributed by atoms with Crippen molar-refractivity contribution >= 4 is 17.3 Å². The van der Waals surface area contributed by atoms with Gasteiger partial charge in [0.2, 0.25) is 0 Å². The first-order valence-corrected chi connectivity index (χ1v) is 6.16. The van der Waals surface area contributed by atoms with Crippen LogP contribution in [0.5, 0.6) is 0 Å². The largest absolute Gasteiger partial charge is 0.374 e. The lowest BCUT2D eigenvalue weighted by atomic mass is 10.1. The van der Waals surface area contributed by atoms with Crippen LogP contribution in [0, 0.1) is 5.92 Å². The lowest BCUT2D eigenvalue weighted by molar-refractivity contribution is 0.559. The second-order valence-corrected chi connectivity index (χ2v) is 4.74. The van der Waals surface area contributed by atoms with Gasteiger partial charge in [-0.25, -0.2) is 0 Å². The van der Waals surface area contributed by atoms with Crippen LogP contribution in [0.15, 0.2) is 18.2 Å². The highest BCUT2D eigenvalue weighted by Gasteiger charge is 2.11. The van der Waals surface area contributed by atoms with Crippen LogP contribution in [0.25, 0.3) is 0 Å². The van der Waals surface area contributed by atoms with E-state index in [1.54, 1.807) is 0 Å². The number of nitrogens with zero attached hydrogens (tertiary/aromatic N) is 1. The molecule has 16 heavy (non-hydrogen) atoms. The van der Waals surface area contributed by atoms with Crippen molar-refractivity contribution in [2.75, 3.05) is 18.5 Å². The minimum atomic E-state index is 0.486. The number of benzene rings is 1. The quantitative estimate of drug-likeness (QED) is 0.856. The van der Waals surface area contributed by atoms with Crippen molar-refractivity contribution in [2.45, 2.75) is 26.8 Å². The molecule has 1 aromatic carbocycles. The maximum absolute atomic E-state index is 6.14. The van der Waals surface area contributed by atoms with Crippen LogP contribution in [0.2, 0.25) is 5.02 Å². The van der Waals surface area contributed by atoms with E-state index in [4.69, 9.17) is 17.3 Å². The first-order chi connectivity index (χ1) is 7.60. The molecule has 1 rings (SSSR count). The second kappa shape index (κ2) is 6.12. The van der Waals surface area contributed by atoms with E-state index in [0.717, 1.165) is 22.8 Å². The average molecular weight is 241 g/mol. The molecule has 0 fully saturated rings. The van der Waals surface area contributed by atoms with Crippen LogP contribution in [-0.2, 0) is 6.54 Å². The average Bonchev–Trinajstić information content (AvgIpc) is 2.28. The number of halogens is 1. The van der Waals surface area contributed by atoms with E-state index in [1.807, 2.05) is 12.1 Å². The minimum absolute atomic E-state index is 0.486. The lowest BCUT2D eigenvalue weighted by Gasteiger charge is -2.25. The van der Waals surface area contributed by atoms with Crippen molar-refractivity contribution in [1.82, 2.24) is 0 Å². The molecule has 0 heterocycles. The van der Waals surface area contributed by atoms with Gasteiger partial charge in [0.25, 0.3) is 0 Å². The highest BCUT2D eigenvalue weighted by molar-refractivity contribution is 6.31. The Bertz CT molecular complexity index is 339. The molecule has 1 aromatic rings. The summed E-state index contributed by atoms with van der Waals surface area (Å²) in [6.07, 6.45) is 1.18. The molecule has 0 spiro atoms. The van der Waals surface area contributed by atoms with Gasteiger partial charge in [0, 0.05) is 36.4 Å². The molecule has 2 nitrogen and oxygen atoms in total. The van der Waals surface area contributed by atoms with Crippen molar-refractivity contribution in [2.24, 2.45) is 11.7 Å². The van der Waals surface area contributed by atoms with Crippen LogP contribution < -0.4 is 10.6 Å². The Kier molecular flexibility index (Phi) is 5.10. The SMILES string of the molecule is CCC(C)CN(C)c1cccc(Cl)c1CN. The molecule has 3 heteroatoms. The van der Waals surface area contributed by atoms with Crippen LogP contribution in [0.1, 0.15) is 25.8 Å². The highest BCUT2D eigenvalue weighted by atomic mass is 35.5. The van der Waals surface area contributed by atoms with Gasteiger partial charge in [-0.3, -0.25) is 0 Å². The van der Waals surface area contributed by atoms with E-state index in [1.165, 1.54) is 6.42 Å². The molecule has 0 saturated heterocycles. The summed E-state index contributed by atoms with van der Waals surface area (Å²) in [4.78, 5) is 2.24. The highest BCUT2D eigenvalue weighted by Crippen LogP contribution is 2.27. The zero-order valence-corrected chi connectivity index (χ0v) is 11.1. The standard InChI is InChI=1S/C13H21ClN2/c1-4-10(2)9-16(3)13-7-5-6-12(14)11(13)8-15/h5-7,10H,4,8-9,15H2,1-3H3. The first kappa shape index (κ1) is 13.3. The topological polar surface area (TPSA) is 29.3 Å². The monoisotopic (exact) mass is 240 g/mol. The summed E-state index contributed by atoms with van der Waals surface area (Å²) in [5.41, 5.74) is 7.93. The van der Waals surface area contributed by atoms with Gasteiger partial charge in [0.05, 0.1) is 0 Å². The zero-order valence-electron chi connectivity index (χ0n) is 10.3. The summed E-state index contributed by atoms with van der Waals surface area (Å²) in [6.45, 7) is 5.98. The number of rotatable bonds is 5. The normalized spacial score (nSPS) is 12.6. The predicted octanol–water partition coefficient (Wildman–Crippen LogP) is 3.28. The minimum Gasteiger partial charge on any atom is -0.374 e. The third kappa shape index (κ3) is 3.13. The molecule has 0 aliphatic carbocycles. The predicted molar refractivity (Wildman–Crippen MR) is 72.1 cm³/mol. The van der Waals surface area contributed by atoms with E-state index in [2.05, 4.69) is 31.9 Å². The molecule has 0 aliphatic heterocycles. The maximum Gasteiger partial charge on any atom is 0.0471 e. The Morgan fingerprint density at radius 3 is 2.69 bits per heavy atom. The first-order valence-electron chi connectivity index (χ1n) is 5.78. The second-order valence-electron chi connectivity index (χ2n) is 4.34. The zero-order chi connectivity index (χ0) is 12.1. The summed E-state index contributed by atoms with van der Waals surface area (Å²) in [5, 5.41) is 0.760. The van der Waals surface area contributed by atoms with Crippen molar-refractivity contribution in [3.63, 3.8) is 0 Å². The molecular formula is C13H21ClN2. The molecule has 1 atom stereocenters. The van der Waals surface area contributed by atoms with Crippen molar-refractivity contribution in [3.8, 4) is 0 Å². The third-order valence-electron chi connectivity index (χ3n) is 2.99. The van der Waals surface area contributed by atoms with E-state index in [0.29, 0.717) is 12.5 Å². The molecule has 90 valence electrons. The molecule has 1 unspecified atom stereocenters. The maximum atomic E-state index is 6.14. The molecule has 0 saturated carbocycles. The van der Waals surface area contributed by atoms with E-state index >= 15 is 0 Å². The Morgan fingerprint density at radius 2 is 2.12 bits per heavy atom. The number of hydrogen-bond donors (Lipinski definition) is 1. The Morgan fingerprint density at radius 1 is 1.44 bits per heavy atom. The van der Waals surface area contributed by atoms with Gasteiger partial charge in [-0.1, -0.05) is 37.9 Å². The van der Waals surface area contributed by atoms with Gasteiger partial charge in [-0.2, -0.15) is 0 Å². The lowest BCUT2D eigenvalue weighted by Crippen LogP contribution is -2.25. The fourth-order valence-corrected chi connectivity index (χ4v) is 2.05. The van der Waals surface area contributed by atoms with Gasteiger partial charge in [0.1, 0.15) is 0 Å². The van der Waals surface area contributed by atoms with Crippen molar-refractivity contribution in [1.29, 1.82) is 0 Å². The summed E-state index contributed by atoms with van der Waals surface area (Å²) in [7, 11) is 2.09. The van der Waals surface area contributed by atoms with Gasteiger partial charge in [0.15, 0.2) is 0 Å². The van der Waals surface area contributed by atoms with Crippen LogP contribution in [0.3, 0.4) is 0 Å². The molecule has 0 aliphatic rings. The third-order valence-corrected chi connectivity index (χ3v) is 3.35. The smallest absolute Gasteiger partial charge is 0.0471 e. The van der Waals surface area contributed by atoms with E-state index < -0.39 is 0 Å². The number of hydrogen-bond acceptors (Lipinski definition) is 2. The van der Waals surface area contributed by atoms with Gasteiger partial charge in [-0.05, 0) is 18.1 Å². The van der Waals surface area contributed by atoms with Gasteiger partial charge < -0.3 is 10.6 Å².